The van der Waals surface area contributed by atoms with Crippen LogP contribution in [0.1, 0.15) is 25.0 Å². The first kappa shape index (κ1) is 22.1. The number of ether oxygens (including phenoxy) is 1. The van der Waals surface area contributed by atoms with Gasteiger partial charge in [-0.15, -0.1) is 0 Å². The van der Waals surface area contributed by atoms with Gasteiger partial charge in [0.2, 0.25) is 5.91 Å². The van der Waals surface area contributed by atoms with Gasteiger partial charge in [0.25, 0.3) is 5.91 Å². The molecule has 0 spiro atoms. The summed E-state index contributed by atoms with van der Waals surface area (Å²) in [5, 5.41) is 5.00. The maximum atomic E-state index is 13.8. The third-order valence-corrected chi connectivity index (χ3v) is 4.19. The van der Waals surface area contributed by atoms with Gasteiger partial charge in [0.15, 0.2) is 6.61 Å². The Morgan fingerprint density at radius 2 is 1.72 bits per heavy atom. The van der Waals surface area contributed by atoms with E-state index in [9.17, 15) is 18.8 Å². The van der Waals surface area contributed by atoms with E-state index in [1.807, 2.05) is 30.3 Å². The Labute approximate surface area is 169 Å². The lowest BCUT2D eigenvalue weighted by Gasteiger charge is -2.21. The number of rotatable bonds is 8. The Morgan fingerprint density at radius 1 is 1.03 bits per heavy atom. The molecular formula is C22H25FN2O4. The van der Waals surface area contributed by atoms with Crippen molar-refractivity contribution in [2.24, 2.45) is 5.92 Å². The van der Waals surface area contributed by atoms with Crippen LogP contribution in [0.25, 0.3) is 0 Å². The fourth-order valence-corrected chi connectivity index (χ4v) is 2.64. The second kappa shape index (κ2) is 10.4. The number of benzene rings is 2. The Hall–Kier alpha value is -3.22. The van der Waals surface area contributed by atoms with Gasteiger partial charge >= 0.3 is 5.97 Å². The molecule has 2 aromatic carbocycles. The number of aryl methyl sites for hydroxylation is 1. The zero-order valence-electron chi connectivity index (χ0n) is 16.7. The molecular weight excluding hydrogens is 375 g/mol. The van der Waals surface area contributed by atoms with Gasteiger partial charge in [-0.2, -0.15) is 0 Å². The van der Waals surface area contributed by atoms with Crippen molar-refractivity contribution >= 4 is 23.5 Å². The average Bonchev–Trinajstić information content (AvgIpc) is 2.67. The average molecular weight is 400 g/mol. The number of carbonyl (C=O) groups is 3. The molecule has 0 fully saturated rings. The largest absolute Gasteiger partial charge is 0.454 e. The molecule has 6 nitrogen and oxygen atoms in total. The van der Waals surface area contributed by atoms with E-state index in [-0.39, 0.29) is 23.9 Å². The van der Waals surface area contributed by atoms with Crippen molar-refractivity contribution in [3.05, 3.63) is 65.5 Å². The van der Waals surface area contributed by atoms with Gasteiger partial charge < -0.3 is 15.4 Å². The molecule has 2 amide bonds. The van der Waals surface area contributed by atoms with Crippen LogP contribution in [-0.2, 0) is 25.5 Å². The predicted octanol–water partition coefficient (Wildman–Crippen LogP) is 3.00. The summed E-state index contributed by atoms with van der Waals surface area (Å²) in [5.41, 5.74) is 1.55. The number of carbonyl (C=O) groups excluding carboxylic acids is 3. The highest BCUT2D eigenvalue weighted by Crippen LogP contribution is 2.15. The maximum Gasteiger partial charge on any atom is 0.329 e. The van der Waals surface area contributed by atoms with E-state index in [2.05, 4.69) is 10.6 Å². The smallest absolute Gasteiger partial charge is 0.329 e. The van der Waals surface area contributed by atoms with Gasteiger partial charge in [-0.05, 0) is 36.1 Å². The highest BCUT2D eigenvalue weighted by atomic mass is 19.1. The standard InChI is InChI=1S/C22H25FN2O4/c1-14(2)21(25-19(26)12-16-7-5-4-6-8-16)22(28)29-13-20(27)24-18-10-9-15(3)11-17(18)23/h4-11,14,21H,12-13H2,1-3H3,(H,24,27)(H,25,26)/t21-/m0/s1. The summed E-state index contributed by atoms with van der Waals surface area (Å²) in [6.45, 7) is 4.67. The first-order chi connectivity index (χ1) is 13.8. The molecule has 0 unspecified atom stereocenters. The van der Waals surface area contributed by atoms with Gasteiger partial charge in [-0.25, -0.2) is 9.18 Å². The molecule has 0 aliphatic carbocycles. The van der Waals surface area contributed by atoms with Crippen LogP contribution in [0, 0.1) is 18.7 Å². The van der Waals surface area contributed by atoms with Crippen LogP contribution in [0.3, 0.4) is 0 Å². The molecule has 0 aliphatic heterocycles. The topological polar surface area (TPSA) is 84.5 Å². The molecule has 0 radical (unpaired) electrons. The van der Waals surface area contributed by atoms with Crippen LogP contribution in [0.15, 0.2) is 48.5 Å². The van der Waals surface area contributed by atoms with E-state index in [1.54, 1.807) is 26.8 Å². The molecule has 0 heterocycles. The molecule has 0 saturated carbocycles. The fourth-order valence-electron chi connectivity index (χ4n) is 2.64. The third-order valence-electron chi connectivity index (χ3n) is 4.19. The molecule has 0 aromatic heterocycles. The summed E-state index contributed by atoms with van der Waals surface area (Å²) in [6.07, 6.45) is 0.129. The van der Waals surface area contributed by atoms with Crippen molar-refractivity contribution in [1.82, 2.24) is 5.32 Å². The first-order valence-corrected chi connectivity index (χ1v) is 9.32. The molecule has 0 bridgehead atoms. The van der Waals surface area contributed by atoms with Crippen LogP contribution in [0.5, 0.6) is 0 Å². The number of hydrogen-bond donors (Lipinski definition) is 2. The SMILES string of the molecule is Cc1ccc(NC(=O)COC(=O)[C@@H](NC(=O)Cc2ccccc2)C(C)C)c(F)c1. The van der Waals surface area contributed by atoms with Gasteiger partial charge in [0, 0.05) is 0 Å². The summed E-state index contributed by atoms with van der Waals surface area (Å²) in [4.78, 5) is 36.6. The van der Waals surface area contributed by atoms with Crippen molar-refractivity contribution in [3.8, 4) is 0 Å². The second-order valence-corrected chi connectivity index (χ2v) is 7.09. The molecule has 0 aliphatic rings. The number of esters is 1. The lowest BCUT2D eigenvalue weighted by atomic mass is 10.0. The molecule has 29 heavy (non-hydrogen) atoms. The minimum Gasteiger partial charge on any atom is -0.454 e. The quantitative estimate of drug-likeness (QED) is 0.667. The molecule has 0 saturated heterocycles. The monoisotopic (exact) mass is 400 g/mol. The normalized spacial score (nSPS) is 11.6. The second-order valence-electron chi connectivity index (χ2n) is 7.09. The molecule has 2 aromatic rings. The van der Waals surface area contributed by atoms with Crippen molar-refractivity contribution in [2.45, 2.75) is 33.2 Å². The minimum absolute atomic E-state index is 0.00761. The maximum absolute atomic E-state index is 13.8. The van der Waals surface area contributed by atoms with E-state index < -0.39 is 30.3 Å². The zero-order chi connectivity index (χ0) is 21.4. The molecule has 7 heteroatoms. The van der Waals surface area contributed by atoms with Gasteiger partial charge in [-0.1, -0.05) is 50.2 Å². The summed E-state index contributed by atoms with van der Waals surface area (Å²) in [5.74, 6) is -2.52. The minimum atomic E-state index is -0.893. The van der Waals surface area contributed by atoms with Crippen molar-refractivity contribution in [3.63, 3.8) is 0 Å². The first-order valence-electron chi connectivity index (χ1n) is 9.32. The Kier molecular flexibility index (Phi) is 7.88. The van der Waals surface area contributed by atoms with E-state index >= 15 is 0 Å². The number of nitrogens with one attached hydrogen (secondary N) is 2. The van der Waals surface area contributed by atoms with Crippen molar-refractivity contribution < 1.29 is 23.5 Å². The Bertz CT molecular complexity index is 868. The lowest BCUT2D eigenvalue weighted by molar-refractivity contribution is -0.151. The van der Waals surface area contributed by atoms with E-state index in [4.69, 9.17) is 4.74 Å². The van der Waals surface area contributed by atoms with E-state index in [1.165, 1.54) is 12.1 Å². The summed E-state index contributed by atoms with van der Waals surface area (Å²) < 4.78 is 18.8. The van der Waals surface area contributed by atoms with Crippen LogP contribution < -0.4 is 10.6 Å². The predicted molar refractivity (Wildman–Crippen MR) is 108 cm³/mol. The highest BCUT2D eigenvalue weighted by molar-refractivity contribution is 5.93. The summed E-state index contributed by atoms with van der Waals surface area (Å²) >= 11 is 0. The number of halogens is 1. The van der Waals surface area contributed by atoms with Crippen molar-refractivity contribution in [1.29, 1.82) is 0 Å². The van der Waals surface area contributed by atoms with E-state index in [0.717, 1.165) is 11.1 Å². The Morgan fingerprint density at radius 3 is 2.34 bits per heavy atom. The number of hydrogen-bond acceptors (Lipinski definition) is 4. The van der Waals surface area contributed by atoms with Gasteiger partial charge in [-0.3, -0.25) is 9.59 Å². The van der Waals surface area contributed by atoms with Crippen LogP contribution >= 0.6 is 0 Å². The fraction of sp³-hybridized carbons (Fsp3) is 0.318. The van der Waals surface area contributed by atoms with Crippen LogP contribution in [0.4, 0.5) is 10.1 Å². The van der Waals surface area contributed by atoms with E-state index in [0.29, 0.717) is 0 Å². The molecule has 2 N–H and O–H groups in total. The number of amides is 2. The van der Waals surface area contributed by atoms with Crippen molar-refractivity contribution in [2.75, 3.05) is 11.9 Å². The number of anilines is 1. The van der Waals surface area contributed by atoms with Crippen LogP contribution in [0.2, 0.25) is 0 Å². The summed E-state index contributed by atoms with van der Waals surface area (Å²) in [7, 11) is 0. The Balaban J connectivity index is 1.88. The van der Waals surface area contributed by atoms with Gasteiger partial charge in [0.05, 0.1) is 12.1 Å². The molecule has 154 valence electrons. The zero-order valence-corrected chi connectivity index (χ0v) is 16.7. The summed E-state index contributed by atoms with van der Waals surface area (Å²) in [6, 6.07) is 12.6. The molecule has 1 atom stereocenters. The third kappa shape index (κ3) is 7.03. The van der Waals surface area contributed by atoms with Crippen LogP contribution in [-0.4, -0.2) is 30.4 Å². The van der Waals surface area contributed by atoms with Gasteiger partial charge in [0.1, 0.15) is 11.9 Å². The lowest BCUT2D eigenvalue weighted by Crippen LogP contribution is -2.46. The highest BCUT2D eigenvalue weighted by Gasteiger charge is 2.26. The molecule has 2 rings (SSSR count).